The molecule has 2 heteroatoms. The van der Waals surface area contributed by atoms with Crippen molar-refractivity contribution in [1.29, 1.82) is 0 Å². The molecule has 108 heavy (non-hydrogen) atoms. The van der Waals surface area contributed by atoms with Gasteiger partial charge in [0.15, 0.2) is 0 Å². The molecule has 4 aliphatic rings. The molecular formula is C106H132Br2. The van der Waals surface area contributed by atoms with Gasteiger partial charge in [0, 0.05) is 19.8 Å². The number of rotatable bonds is 32. The lowest BCUT2D eigenvalue weighted by atomic mass is 9.66. The fourth-order valence-electron chi connectivity index (χ4n) is 20.7. The standard InChI is InChI=1S/C106H132Br2/c1-17-21-25-29-33-37-61-103(62-38-34-30-26-22-18-2)91-67-85-83-59-57-81(107)65-95(83)105(77-49-41-73(42-50-77)99(5,6)7,78-51-43-74(44-52-78)100(8,9)10)97(85)71-89(91)87-70-94-88(69-93(87)103)90-72-98-86(68-92(90)104(94,63-39-35-31-27-23-19-3)64-40-36-32-28-24-20-4)84-60-58-82(108)66-96(84)106(98,79-53-45-75(46-54-79)101(11,12)13)80-55-47-76(48-56-80)102(14,15)16/h41-60,65-72H,17-40,61-64H2,1-16H3. The molecule has 570 valence electrons. The highest BCUT2D eigenvalue weighted by atomic mass is 79.9. The van der Waals surface area contributed by atoms with Crippen LogP contribution in [0.25, 0.3) is 44.5 Å². The summed E-state index contributed by atoms with van der Waals surface area (Å²) in [5.41, 5.74) is 33.0. The molecule has 0 saturated carbocycles. The minimum Gasteiger partial charge on any atom is -0.0654 e. The Morgan fingerprint density at radius 3 is 0.630 bits per heavy atom. The maximum atomic E-state index is 4.17. The van der Waals surface area contributed by atoms with Gasteiger partial charge in [-0.25, -0.2) is 0 Å². The first-order valence-electron chi connectivity index (χ1n) is 43.3. The third-order valence-corrected chi connectivity index (χ3v) is 27.8. The SMILES string of the molecule is CCCCCCCCC1(CCCCCCCC)c2cc3c(cc2-c2cc4c(cc21)-c1ccc(Br)cc1C4(c1ccc(C(C)(C)C)cc1)c1ccc(C(C)(C)C)cc1)C(CCCCCCCC)(CCCCCCCC)c1cc2c(cc1-3)C(c1ccc(C(C)(C)C)cc1)(c1ccc(C(C)(C)C)cc1)c1cc(Br)ccc1-2. The van der Waals surface area contributed by atoms with Crippen molar-refractivity contribution in [3.8, 4) is 44.5 Å². The third kappa shape index (κ3) is 14.9. The molecule has 0 nitrogen and oxygen atoms in total. The van der Waals surface area contributed by atoms with Crippen LogP contribution in [0.4, 0.5) is 0 Å². The molecule has 0 aliphatic heterocycles. The molecule has 0 radical (unpaired) electrons. The lowest BCUT2D eigenvalue weighted by Gasteiger charge is -2.36. The van der Waals surface area contributed by atoms with Crippen molar-refractivity contribution in [3.63, 3.8) is 0 Å². The number of benzene rings is 9. The predicted molar refractivity (Wildman–Crippen MR) is 476 cm³/mol. The van der Waals surface area contributed by atoms with E-state index in [2.05, 4.69) is 312 Å². The van der Waals surface area contributed by atoms with Gasteiger partial charge >= 0.3 is 0 Å². The number of halogens is 2. The molecule has 4 aliphatic carbocycles. The highest BCUT2D eigenvalue weighted by Crippen LogP contribution is 2.67. The first-order valence-corrected chi connectivity index (χ1v) is 44.9. The maximum absolute atomic E-state index is 4.17. The van der Waals surface area contributed by atoms with Gasteiger partial charge in [-0.2, -0.15) is 0 Å². The number of hydrogen-bond donors (Lipinski definition) is 0. The summed E-state index contributed by atoms with van der Waals surface area (Å²) in [7, 11) is 0. The first-order chi connectivity index (χ1) is 51.7. The molecular weight excluding hydrogens is 1430 g/mol. The van der Waals surface area contributed by atoms with Crippen molar-refractivity contribution < 1.29 is 0 Å². The smallest absolute Gasteiger partial charge is 0.0654 e. The van der Waals surface area contributed by atoms with E-state index in [1.807, 2.05) is 0 Å². The maximum Gasteiger partial charge on any atom is 0.0714 e. The monoisotopic (exact) mass is 1560 g/mol. The van der Waals surface area contributed by atoms with Gasteiger partial charge in [0.25, 0.3) is 0 Å². The van der Waals surface area contributed by atoms with Crippen LogP contribution in [0, 0.1) is 0 Å². The zero-order chi connectivity index (χ0) is 76.6. The Labute approximate surface area is 673 Å². The van der Waals surface area contributed by atoms with Crippen LogP contribution in [0.1, 0.15) is 380 Å². The fraction of sp³-hybridized carbons (Fsp3) is 0.491. The van der Waals surface area contributed by atoms with E-state index < -0.39 is 10.8 Å². The highest BCUT2D eigenvalue weighted by molar-refractivity contribution is 9.10. The molecule has 0 unspecified atom stereocenters. The lowest BCUT2D eigenvalue weighted by Crippen LogP contribution is -2.29. The van der Waals surface area contributed by atoms with Crippen molar-refractivity contribution in [2.45, 2.75) is 334 Å². The van der Waals surface area contributed by atoms with Crippen molar-refractivity contribution >= 4 is 31.9 Å². The zero-order valence-electron chi connectivity index (χ0n) is 69.7. The highest BCUT2D eigenvalue weighted by Gasteiger charge is 2.54. The van der Waals surface area contributed by atoms with Crippen LogP contribution in [0.15, 0.2) is 179 Å². The molecule has 9 aromatic rings. The number of hydrogen-bond acceptors (Lipinski definition) is 0. The Morgan fingerprint density at radius 1 is 0.213 bits per heavy atom. The Bertz CT molecular complexity index is 4150. The van der Waals surface area contributed by atoms with Crippen LogP contribution < -0.4 is 0 Å². The second-order valence-corrected chi connectivity index (χ2v) is 40.1. The largest absolute Gasteiger partial charge is 0.0714 e. The normalized spacial score (nSPS) is 15.4. The summed E-state index contributed by atoms with van der Waals surface area (Å²) in [5.74, 6) is 0. The van der Waals surface area contributed by atoms with Gasteiger partial charge in [0.2, 0.25) is 0 Å². The minimum atomic E-state index is -0.592. The molecule has 0 spiro atoms. The van der Waals surface area contributed by atoms with Gasteiger partial charge in [-0.3, -0.25) is 0 Å². The van der Waals surface area contributed by atoms with Crippen LogP contribution in [-0.4, -0.2) is 0 Å². The molecule has 0 bridgehead atoms. The quantitative estimate of drug-likeness (QED) is 0.0369. The first kappa shape index (κ1) is 80.0. The van der Waals surface area contributed by atoms with E-state index in [9.17, 15) is 0 Å². The topological polar surface area (TPSA) is 0 Å². The summed E-state index contributed by atoms with van der Waals surface area (Å²) in [6.45, 7) is 37.9. The summed E-state index contributed by atoms with van der Waals surface area (Å²) in [4.78, 5) is 0. The Hall–Kier alpha value is -6.06. The fourth-order valence-corrected chi connectivity index (χ4v) is 21.4. The average Bonchev–Trinajstić information content (AvgIpc) is 1.51. The van der Waals surface area contributed by atoms with Crippen LogP contribution in [-0.2, 0) is 43.3 Å². The van der Waals surface area contributed by atoms with Crippen molar-refractivity contribution in [1.82, 2.24) is 0 Å². The van der Waals surface area contributed by atoms with Gasteiger partial charge in [0.1, 0.15) is 0 Å². The Morgan fingerprint density at radius 2 is 0.407 bits per heavy atom. The molecule has 0 atom stereocenters. The van der Waals surface area contributed by atoms with E-state index in [4.69, 9.17) is 0 Å². The summed E-state index contributed by atoms with van der Waals surface area (Å²) >= 11 is 8.34. The van der Waals surface area contributed by atoms with E-state index in [1.165, 1.54) is 265 Å². The van der Waals surface area contributed by atoms with Crippen molar-refractivity contribution in [2.75, 3.05) is 0 Å². The molecule has 13 rings (SSSR count). The third-order valence-electron chi connectivity index (χ3n) is 26.8. The van der Waals surface area contributed by atoms with Gasteiger partial charge in [-0.05, 0) is 242 Å². The molecule has 0 N–H and O–H groups in total. The minimum absolute atomic E-state index is 0.00947. The van der Waals surface area contributed by atoms with Crippen LogP contribution in [0.3, 0.4) is 0 Å². The van der Waals surface area contributed by atoms with Gasteiger partial charge in [-0.15, -0.1) is 0 Å². The second-order valence-electron chi connectivity index (χ2n) is 38.3. The van der Waals surface area contributed by atoms with Crippen molar-refractivity contribution in [3.05, 3.63) is 268 Å². The van der Waals surface area contributed by atoms with E-state index in [-0.39, 0.29) is 32.5 Å². The molecule has 0 saturated heterocycles. The van der Waals surface area contributed by atoms with Crippen LogP contribution in [0.5, 0.6) is 0 Å². The molecule has 0 aromatic heterocycles. The number of unbranched alkanes of at least 4 members (excludes halogenated alkanes) is 20. The van der Waals surface area contributed by atoms with E-state index in [1.54, 1.807) is 22.3 Å². The summed E-state index contributed by atoms with van der Waals surface area (Å²) < 4.78 is 2.26. The van der Waals surface area contributed by atoms with Crippen LogP contribution >= 0.6 is 31.9 Å². The van der Waals surface area contributed by atoms with Gasteiger partial charge in [0.05, 0.1) is 10.8 Å². The Balaban J connectivity index is 1.14. The summed E-state index contributed by atoms with van der Waals surface area (Å²) in [6.07, 6.45) is 35.5. The van der Waals surface area contributed by atoms with Gasteiger partial charge in [-0.1, -0.05) is 406 Å². The second kappa shape index (κ2) is 32.6. The molecule has 9 aromatic carbocycles. The molecule has 0 fully saturated rings. The zero-order valence-corrected chi connectivity index (χ0v) is 72.9. The Kier molecular flexibility index (Phi) is 24.1. The number of fused-ring (bicyclic) bond motifs is 12. The average molecular weight is 1570 g/mol. The van der Waals surface area contributed by atoms with E-state index in [0.29, 0.717) is 0 Å². The predicted octanol–water partition coefficient (Wildman–Crippen LogP) is 32.7. The van der Waals surface area contributed by atoms with Crippen LogP contribution in [0.2, 0.25) is 0 Å². The lowest BCUT2D eigenvalue weighted by molar-refractivity contribution is 0.394. The molecule has 0 heterocycles. The van der Waals surface area contributed by atoms with Gasteiger partial charge < -0.3 is 0 Å². The van der Waals surface area contributed by atoms with E-state index >= 15 is 0 Å². The van der Waals surface area contributed by atoms with Crippen molar-refractivity contribution in [2.24, 2.45) is 0 Å². The summed E-state index contributed by atoms with van der Waals surface area (Å²) in [5, 5.41) is 0. The summed E-state index contributed by atoms with van der Waals surface area (Å²) in [6, 6.07) is 71.8. The van der Waals surface area contributed by atoms with E-state index in [0.717, 1.165) is 34.6 Å². The molecule has 0 amide bonds.